The number of hydrogen-bond donors (Lipinski definition) is 0. The molecule has 1 atom stereocenters. The highest BCUT2D eigenvalue weighted by Gasteiger charge is 2.31. The van der Waals surface area contributed by atoms with E-state index in [1.165, 1.54) is 12.1 Å². The van der Waals surface area contributed by atoms with Crippen LogP contribution in [0.4, 0.5) is 10.3 Å². The number of morpholine rings is 1. The van der Waals surface area contributed by atoms with Gasteiger partial charge in [-0.3, -0.25) is 4.79 Å². The van der Waals surface area contributed by atoms with Gasteiger partial charge in [0.05, 0.1) is 24.5 Å². The van der Waals surface area contributed by atoms with Crippen LogP contribution in [0.2, 0.25) is 0 Å². The number of aromatic nitrogens is 3. The number of halogens is 1. The second-order valence-electron chi connectivity index (χ2n) is 7.52. The van der Waals surface area contributed by atoms with Crippen LogP contribution in [0, 0.1) is 5.82 Å². The Kier molecular flexibility index (Phi) is 5.94. The lowest BCUT2D eigenvalue weighted by atomic mass is 10.0. The standard InChI is InChI=1S/C22H24FN5O3/c1-4-16-11-18(31-26-16)21(29)28-9-10-30-19(13-28)20-17(12-24-22(25-20)27(2)3)14-5-7-15(23)8-6-14/h5-8,11-12,19H,4,9-10,13H2,1-3H3. The van der Waals surface area contributed by atoms with Crippen LogP contribution < -0.4 is 4.90 Å². The van der Waals surface area contributed by atoms with Crippen molar-refractivity contribution in [2.24, 2.45) is 0 Å². The third-order valence-corrected chi connectivity index (χ3v) is 5.15. The fourth-order valence-corrected chi connectivity index (χ4v) is 3.43. The Morgan fingerprint density at radius 3 is 2.74 bits per heavy atom. The Morgan fingerprint density at radius 2 is 2.06 bits per heavy atom. The summed E-state index contributed by atoms with van der Waals surface area (Å²) in [6, 6.07) is 7.82. The van der Waals surface area contributed by atoms with E-state index in [2.05, 4.69) is 10.1 Å². The van der Waals surface area contributed by atoms with Crippen LogP contribution in [0.1, 0.15) is 35.0 Å². The molecule has 0 spiro atoms. The van der Waals surface area contributed by atoms with Gasteiger partial charge in [-0.1, -0.05) is 24.2 Å². The predicted molar refractivity (Wildman–Crippen MR) is 112 cm³/mol. The predicted octanol–water partition coefficient (Wildman–Crippen LogP) is 3.11. The van der Waals surface area contributed by atoms with E-state index >= 15 is 0 Å². The third kappa shape index (κ3) is 4.41. The molecule has 1 aliphatic heterocycles. The molecule has 162 valence electrons. The Bertz CT molecular complexity index is 1070. The van der Waals surface area contributed by atoms with Gasteiger partial charge in [-0.25, -0.2) is 14.4 Å². The van der Waals surface area contributed by atoms with Gasteiger partial charge in [-0.05, 0) is 24.1 Å². The molecule has 1 aliphatic rings. The van der Waals surface area contributed by atoms with Crippen LogP contribution >= 0.6 is 0 Å². The fourth-order valence-electron chi connectivity index (χ4n) is 3.43. The Labute approximate surface area is 179 Å². The van der Waals surface area contributed by atoms with Crippen LogP contribution in [-0.4, -0.2) is 59.7 Å². The van der Waals surface area contributed by atoms with E-state index in [1.54, 1.807) is 34.2 Å². The molecule has 3 aromatic rings. The number of hydrogen-bond acceptors (Lipinski definition) is 7. The lowest BCUT2D eigenvalue weighted by Crippen LogP contribution is -2.42. The van der Waals surface area contributed by atoms with Gasteiger partial charge in [0.1, 0.15) is 11.9 Å². The number of rotatable bonds is 5. The lowest BCUT2D eigenvalue weighted by Gasteiger charge is -2.33. The quantitative estimate of drug-likeness (QED) is 0.621. The molecule has 0 bridgehead atoms. The van der Waals surface area contributed by atoms with Crippen LogP contribution in [-0.2, 0) is 11.2 Å². The first-order chi connectivity index (χ1) is 15.0. The number of aryl methyl sites for hydroxylation is 1. The third-order valence-electron chi connectivity index (χ3n) is 5.15. The SMILES string of the molecule is CCc1cc(C(=O)N2CCOC(c3nc(N(C)C)ncc3-c3ccc(F)cc3)C2)on1. The maximum absolute atomic E-state index is 13.4. The van der Waals surface area contributed by atoms with Crippen molar-refractivity contribution >= 4 is 11.9 Å². The molecule has 31 heavy (non-hydrogen) atoms. The number of carbonyl (C=O) groups is 1. The van der Waals surface area contributed by atoms with Crippen molar-refractivity contribution in [1.29, 1.82) is 0 Å². The van der Waals surface area contributed by atoms with Crippen molar-refractivity contribution in [2.45, 2.75) is 19.4 Å². The van der Waals surface area contributed by atoms with Gasteiger partial charge < -0.3 is 19.1 Å². The number of anilines is 1. The summed E-state index contributed by atoms with van der Waals surface area (Å²) in [4.78, 5) is 25.5. The van der Waals surface area contributed by atoms with Crippen LogP contribution in [0.5, 0.6) is 0 Å². The molecule has 1 amide bonds. The smallest absolute Gasteiger partial charge is 0.292 e. The van der Waals surface area contributed by atoms with Gasteiger partial charge in [0.15, 0.2) is 0 Å². The highest BCUT2D eigenvalue weighted by molar-refractivity contribution is 5.91. The zero-order valence-electron chi connectivity index (χ0n) is 17.7. The van der Waals surface area contributed by atoms with E-state index in [0.717, 1.165) is 16.8 Å². The Hall–Kier alpha value is -3.33. The second-order valence-corrected chi connectivity index (χ2v) is 7.52. The maximum Gasteiger partial charge on any atom is 0.292 e. The summed E-state index contributed by atoms with van der Waals surface area (Å²) in [5, 5.41) is 3.91. The normalized spacial score (nSPS) is 16.4. The van der Waals surface area contributed by atoms with Crippen LogP contribution in [0.25, 0.3) is 11.1 Å². The molecule has 0 radical (unpaired) electrons. The zero-order chi connectivity index (χ0) is 22.0. The summed E-state index contributed by atoms with van der Waals surface area (Å²) in [5.74, 6) is 0.190. The zero-order valence-corrected chi connectivity index (χ0v) is 17.7. The first kappa shape index (κ1) is 20.9. The Morgan fingerprint density at radius 1 is 1.29 bits per heavy atom. The minimum absolute atomic E-state index is 0.216. The van der Waals surface area contributed by atoms with Gasteiger partial charge >= 0.3 is 0 Å². The van der Waals surface area contributed by atoms with E-state index in [4.69, 9.17) is 14.2 Å². The average Bonchev–Trinajstić information content (AvgIpc) is 3.28. The number of benzene rings is 1. The maximum atomic E-state index is 13.4. The summed E-state index contributed by atoms with van der Waals surface area (Å²) in [6.45, 7) is 3.05. The Balaban J connectivity index is 1.66. The lowest BCUT2D eigenvalue weighted by molar-refractivity contribution is -0.0256. The minimum atomic E-state index is -0.465. The van der Waals surface area contributed by atoms with Gasteiger partial charge in [0, 0.05) is 38.5 Å². The van der Waals surface area contributed by atoms with Crippen molar-refractivity contribution in [3.63, 3.8) is 0 Å². The average molecular weight is 425 g/mol. The molecule has 4 rings (SSSR count). The van der Waals surface area contributed by atoms with Crippen LogP contribution in [0.15, 0.2) is 41.1 Å². The minimum Gasteiger partial charge on any atom is -0.368 e. The molecule has 3 heterocycles. The molecule has 0 saturated carbocycles. The fraction of sp³-hybridized carbons (Fsp3) is 0.364. The molecule has 1 fully saturated rings. The monoisotopic (exact) mass is 425 g/mol. The molecule has 1 unspecified atom stereocenters. The summed E-state index contributed by atoms with van der Waals surface area (Å²) in [6.07, 6.45) is 1.93. The van der Waals surface area contributed by atoms with E-state index in [-0.39, 0.29) is 17.5 Å². The summed E-state index contributed by atoms with van der Waals surface area (Å²) in [7, 11) is 3.70. The van der Waals surface area contributed by atoms with Crippen molar-refractivity contribution in [3.8, 4) is 11.1 Å². The summed E-state index contributed by atoms with van der Waals surface area (Å²) < 4.78 is 24.7. The van der Waals surface area contributed by atoms with Gasteiger partial charge in [-0.15, -0.1) is 0 Å². The van der Waals surface area contributed by atoms with E-state index in [0.29, 0.717) is 37.8 Å². The van der Waals surface area contributed by atoms with Crippen molar-refractivity contribution in [2.75, 3.05) is 38.7 Å². The molecule has 9 heteroatoms. The van der Waals surface area contributed by atoms with E-state index in [1.807, 2.05) is 21.0 Å². The molecule has 0 N–H and O–H groups in total. The molecule has 1 aromatic carbocycles. The summed E-state index contributed by atoms with van der Waals surface area (Å²) in [5.41, 5.74) is 2.89. The molecular weight excluding hydrogens is 401 g/mol. The molecule has 1 saturated heterocycles. The van der Waals surface area contributed by atoms with Crippen molar-refractivity contribution < 1.29 is 18.4 Å². The van der Waals surface area contributed by atoms with Crippen LogP contribution in [0.3, 0.4) is 0 Å². The number of carbonyl (C=O) groups excluding carboxylic acids is 1. The van der Waals surface area contributed by atoms with Gasteiger partial charge in [0.2, 0.25) is 11.7 Å². The summed E-state index contributed by atoms with van der Waals surface area (Å²) >= 11 is 0. The van der Waals surface area contributed by atoms with Gasteiger partial charge in [0.25, 0.3) is 5.91 Å². The van der Waals surface area contributed by atoms with E-state index < -0.39 is 6.10 Å². The molecule has 2 aromatic heterocycles. The van der Waals surface area contributed by atoms with Crippen molar-refractivity contribution in [1.82, 2.24) is 20.0 Å². The number of ether oxygens (including phenoxy) is 1. The largest absolute Gasteiger partial charge is 0.368 e. The van der Waals surface area contributed by atoms with E-state index in [9.17, 15) is 9.18 Å². The first-order valence-electron chi connectivity index (χ1n) is 10.1. The second kappa shape index (κ2) is 8.81. The highest BCUT2D eigenvalue weighted by Crippen LogP contribution is 2.32. The first-order valence-corrected chi connectivity index (χ1v) is 10.1. The number of amides is 1. The highest BCUT2D eigenvalue weighted by atomic mass is 19.1. The van der Waals surface area contributed by atoms with Crippen molar-refractivity contribution in [3.05, 3.63) is 59.5 Å². The molecular formula is C22H24FN5O3. The molecule has 0 aliphatic carbocycles. The number of nitrogens with zero attached hydrogens (tertiary/aromatic N) is 5. The topological polar surface area (TPSA) is 84.6 Å². The molecule has 8 nitrogen and oxygen atoms in total. The van der Waals surface area contributed by atoms with Gasteiger partial charge in [-0.2, -0.15) is 0 Å².